The van der Waals surface area contributed by atoms with Crippen LogP contribution in [0.1, 0.15) is 38.2 Å². The largest absolute Gasteiger partial charge is 0.481 e. The zero-order chi connectivity index (χ0) is 16.4. The molecular formula is C13H18ClN3O3S. The van der Waals surface area contributed by atoms with E-state index in [2.05, 4.69) is 15.3 Å². The Kier molecular flexibility index (Phi) is 5.22. The van der Waals surface area contributed by atoms with Crippen LogP contribution >= 0.6 is 23.4 Å². The Labute approximate surface area is 132 Å². The van der Waals surface area contributed by atoms with Gasteiger partial charge >= 0.3 is 5.97 Å². The van der Waals surface area contributed by atoms with E-state index in [1.807, 2.05) is 0 Å². The van der Waals surface area contributed by atoms with Crippen LogP contribution in [0.15, 0.2) is 11.4 Å². The summed E-state index contributed by atoms with van der Waals surface area (Å²) in [5.41, 5.74) is -2.13. The molecule has 0 fully saturated rings. The lowest BCUT2D eigenvalue weighted by Gasteiger charge is -2.38. The van der Waals surface area contributed by atoms with Crippen LogP contribution < -0.4 is 5.32 Å². The maximum atomic E-state index is 12.3. The first-order valence-corrected chi connectivity index (χ1v) is 7.75. The number of thioether (sulfide) groups is 1. The minimum Gasteiger partial charge on any atom is -0.481 e. The molecule has 0 atom stereocenters. The third kappa shape index (κ3) is 3.65. The van der Waals surface area contributed by atoms with E-state index in [9.17, 15) is 14.7 Å². The van der Waals surface area contributed by atoms with Crippen molar-refractivity contribution in [1.29, 1.82) is 0 Å². The number of carboxylic acid groups (broad SMARTS) is 1. The highest BCUT2D eigenvalue weighted by atomic mass is 35.5. The van der Waals surface area contributed by atoms with Crippen molar-refractivity contribution in [3.05, 3.63) is 16.9 Å². The Morgan fingerprint density at radius 3 is 2.38 bits per heavy atom. The van der Waals surface area contributed by atoms with Crippen LogP contribution in [0.25, 0.3) is 0 Å². The lowest BCUT2D eigenvalue weighted by molar-refractivity contribution is -0.150. The van der Waals surface area contributed by atoms with E-state index in [4.69, 9.17) is 11.6 Å². The number of hydrogen-bond donors (Lipinski definition) is 2. The van der Waals surface area contributed by atoms with Gasteiger partial charge in [0.25, 0.3) is 5.91 Å². The van der Waals surface area contributed by atoms with Gasteiger partial charge in [-0.05, 0) is 34.0 Å². The number of rotatable bonds is 5. The lowest BCUT2D eigenvalue weighted by atomic mass is 9.74. The maximum Gasteiger partial charge on any atom is 0.311 e. The third-order valence-corrected chi connectivity index (χ3v) is 4.48. The average molecular weight is 332 g/mol. The molecule has 1 aromatic heterocycles. The fourth-order valence-electron chi connectivity index (χ4n) is 1.38. The number of amides is 1. The zero-order valence-electron chi connectivity index (χ0n) is 12.5. The monoisotopic (exact) mass is 331 g/mol. The van der Waals surface area contributed by atoms with Gasteiger partial charge in [0, 0.05) is 0 Å². The highest BCUT2D eigenvalue weighted by Crippen LogP contribution is 2.31. The maximum absolute atomic E-state index is 12.3. The molecule has 0 saturated heterocycles. The highest BCUT2D eigenvalue weighted by Gasteiger charge is 2.44. The normalized spacial score (nSPS) is 12.1. The molecule has 1 amide bonds. The molecule has 0 bridgehead atoms. The number of aromatic nitrogens is 2. The van der Waals surface area contributed by atoms with E-state index in [-0.39, 0.29) is 10.7 Å². The number of nitrogens with zero attached hydrogens (tertiary/aromatic N) is 2. The molecule has 0 aliphatic carbocycles. The van der Waals surface area contributed by atoms with Crippen molar-refractivity contribution in [2.75, 3.05) is 6.26 Å². The van der Waals surface area contributed by atoms with Crippen LogP contribution in [0, 0.1) is 5.41 Å². The summed E-state index contributed by atoms with van der Waals surface area (Å²) >= 11 is 7.22. The number of hydrogen-bond acceptors (Lipinski definition) is 5. The SMILES string of the molecule is CSc1ncc(Cl)c(C(=O)NC(C)(C)C(C)(C)C(=O)O)n1. The standard InChI is InChI=1S/C13H18ClN3O3S/c1-12(2,10(19)20)13(3,4)17-9(18)8-7(14)6-15-11(16-8)21-5/h6H,1-5H3,(H,17,18)(H,19,20). The number of carbonyl (C=O) groups excluding carboxylic acids is 1. The predicted molar refractivity (Wildman–Crippen MR) is 81.8 cm³/mol. The molecule has 1 aromatic rings. The smallest absolute Gasteiger partial charge is 0.311 e. The van der Waals surface area contributed by atoms with Crippen molar-refractivity contribution in [3.63, 3.8) is 0 Å². The molecule has 8 heteroatoms. The van der Waals surface area contributed by atoms with Gasteiger partial charge in [-0.2, -0.15) is 0 Å². The Morgan fingerprint density at radius 2 is 1.90 bits per heavy atom. The Hall–Kier alpha value is -1.34. The zero-order valence-corrected chi connectivity index (χ0v) is 14.1. The second-order valence-corrected chi connectivity index (χ2v) is 6.74. The van der Waals surface area contributed by atoms with Crippen LogP contribution in [-0.4, -0.2) is 38.7 Å². The molecule has 2 N–H and O–H groups in total. The Bertz CT molecular complexity index is 576. The van der Waals surface area contributed by atoms with Gasteiger partial charge in [0.15, 0.2) is 10.9 Å². The van der Waals surface area contributed by atoms with Crippen LogP contribution in [0.5, 0.6) is 0 Å². The summed E-state index contributed by atoms with van der Waals surface area (Å²) in [6.45, 7) is 6.38. The number of halogens is 1. The van der Waals surface area contributed by atoms with Crippen molar-refractivity contribution in [2.24, 2.45) is 5.41 Å². The molecular weight excluding hydrogens is 314 g/mol. The second kappa shape index (κ2) is 6.19. The van der Waals surface area contributed by atoms with Gasteiger partial charge in [-0.1, -0.05) is 23.4 Å². The molecule has 6 nitrogen and oxygen atoms in total. The van der Waals surface area contributed by atoms with Crippen molar-refractivity contribution < 1.29 is 14.7 Å². The van der Waals surface area contributed by atoms with Crippen molar-refractivity contribution in [3.8, 4) is 0 Å². The Balaban J connectivity index is 3.08. The molecule has 116 valence electrons. The van der Waals surface area contributed by atoms with E-state index in [1.165, 1.54) is 18.0 Å². The molecule has 0 spiro atoms. The first-order valence-electron chi connectivity index (χ1n) is 6.15. The third-order valence-electron chi connectivity index (χ3n) is 3.64. The molecule has 21 heavy (non-hydrogen) atoms. The van der Waals surface area contributed by atoms with Gasteiger partial charge in [0.1, 0.15) is 0 Å². The fraction of sp³-hybridized carbons (Fsp3) is 0.538. The van der Waals surface area contributed by atoms with E-state index in [0.29, 0.717) is 5.16 Å². The van der Waals surface area contributed by atoms with Crippen molar-refractivity contribution >= 4 is 35.2 Å². The molecule has 0 unspecified atom stereocenters. The topological polar surface area (TPSA) is 92.2 Å². The predicted octanol–water partition coefficient (Wildman–Crippen LogP) is 2.47. The van der Waals surface area contributed by atoms with Crippen LogP contribution in [-0.2, 0) is 4.79 Å². The molecule has 0 aliphatic heterocycles. The Morgan fingerprint density at radius 1 is 1.33 bits per heavy atom. The molecule has 1 heterocycles. The minimum atomic E-state index is -1.16. The molecule has 0 aliphatic rings. The van der Waals surface area contributed by atoms with Crippen LogP contribution in [0.2, 0.25) is 5.02 Å². The van der Waals surface area contributed by atoms with E-state index < -0.39 is 22.8 Å². The number of aliphatic carboxylic acids is 1. The molecule has 0 saturated carbocycles. The van der Waals surface area contributed by atoms with Crippen LogP contribution in [0.4, 0.5) is 0 Å². The average Bonchev–Trinajstić information content (AvgIpc) is 2.38. The van der Waals surface area contributed by atoms with E-state index in [0.717, 1.165) is 0 Å². The molecule has 0 radical (unpaired) electrons. The van der Waals surface area contributed by atoms with E-state index in [1.54, 1.807) is 34.0 Å². The minimum absolute atomic E-state index is 0.0327. The first kappa shape index (κ1) is 17.7. The summed E-state index contributed by atoms with van der Waals surface area (Å²) in [5.74, 6) is -1.54. The van der Waals surface area contributed by atoms with Gasteiger partial charge in [-0.15, -0.1) is 0 Å². The van der Waals surface area contributed by atoms with Gasteiger partial charge in [-0.3, -0.25) is 9.59 Å². The van der Waals surface area contributed by atoms with Crippen molar-refractivity contribution in [2.45, 2.75) is 38.4 Å². The van der Waals surface area contributed by atoms with E-state index >= 15 is 0 Å². The number of nitrogens with one attached hydrogen (secondary N) is 1. The quantitative estimate of drug-likeness (QED) is 0.636. The lowest BCUT2D eigenvalue weighted by Crippen LogP contribution is -2.57. The van der Waals surface area contributed by atoms with Gasteiger partial charge in [0.05, 0.1) is 22.2 Å². The molecule has 0 aromatic carbocycles. The number of carboxylic acids is 1. The second-order valence-electron chi connectivity index (χ2n) is 5.56. The summed E-state index contributed by atoms with van der Waals surface area (Å²) in [5, 5.41) is 12.5. The first-order chi connectivity index (χ1) is 9.52. The summed E-state index contributed by atoms with van der Waals surface area (Å²) in [4.78, 5) is 31.7. The highest BCUT2D eigenvalue weighted by molar-refractivity contribution is 7.98. The summed E-state index contributed by atoms with van der Waals surface area (Å²) < 4.78 is 0. The van der Waals surface area contributed by atoms with Gasteiger partial charge < -0.3 is 10.4 Å². The molecule has 1 rings (SSSR count). The van der Waals surface area contributed by atoms with Crippen LogP contribution in [0.3, 0.4) is 0 Å². The summed E-state index contributed by atoms with van der Waals surface area (Å²) in [6, 6.07) is 0. The summed E-state index contributed by atoms with van der Waals surface area (Å²) in [6.07, 6.45) is 3.13. The number of carbonyl (C=O) groups is 2. The summed E-state index contributed by atoms with van der Waals surface area (Å²) in [7, 11) is 0. The van der Waals surface area contributed by atoms with Gasteiger partial charge in [-0.25, -0.2) is 9.97 Å². The van der Waals surface area contributed by atoms with Crippen molar-refractivity contribution in [1.82, 2.24) is 15.3 Å². The fourth-order valence-corrected chi connectivity index (χ4v) is 1.89. The van der Waals surface area contributed by atoms with Gasteiger partial charge in [0.2, 0.25) is 0 Å².